The van der Waals surface area contributed by atoms with Gasteiger partial charge in [0, 0.05) is 0 Å². The molecule has 0 aliphatic heterocycles. The first kappa shape index (κ1) is 7.38. The Morgan fingerprint density at radius 2 is 2.62 bits per heavy atom. The standard InChI is InChI=1S/C5H7NOS/c1-3-4-8-5(2)6-7/h1,7H,4H2,2H3/b6-5-. The van der Waals surface area contributed by atoms with E-state index in [0.717, 1.165) is 0 Å². The Kier molecular flexibility index (Phi) is 4.19. The van der Waals surface area contributed by atoms with E-state index in [-0.39, 0.29) is 0 Å². The lowest BCUT2D eigenvalue weighted by atomic mass is 10.8. The molecule has 0 amide bonds. The van der Waals surface area contributed by atoms with Gasteiger partial charge in [0.15, 0.2) is 0 Å². The molecule has 0 saturated heterocycles. The summed E-state index contributed by atoms with van der Waals surface area (Å²) in [7, 11) is 0. The molecular weight excluding hydrogens is 122 g/mol. The SMILES string of the molecule is C#CCS/C(C)=N\O. The molecule has 0 fully saturated rings. The van der Waals surface area contributed by atoms with Gasteiger partial charge in [0.05, 0.1) is 5.75 Å². The van der Waals surface area contributed by atoms with Crippen molar-refractivity contribution in [1.29, 1.82) is 0 Å². The van der Waals surface area contributed by atoms with E-state index < -0.39 is 0 Å². The zero-order valence-corrected chi connectivity index (χ0v) is 5.40. The van der Waals surface area contributed by atoms with Crippen LogP contribution in [-0.4, -0.2) is 16.0 Å². The molecule has 0 spiro atoms. The highest BCUT2D eigenvalue weighted by atomic mass is 32.2. The van der Waals surface area contributed by atoms with E-state index in [4.69, 9.17) is 11.6 Å². The molecule has 0 unspecified atom stereocenters. The van der Waals surface area contributed by atoms with Crippen molar-refractivity contribution in [1.82, 2.24) is 0 Å². The first-order valence-corrected chi connectivity index (χ1v) is 3.04. The first-order chi connectivity index (χ1) is 3.81. The molecule has 2 nitrogen and oxygen atoms in total. The van der Waals surface area contributed by atoms with Crippen LogP contribution in [0.4, 0.5) is 0 Å². The molecule has 0 aromatic carbocycles. The van der Waals surface area contributed by atoms with Crippen molar-refractivity contribution in [3.63, 3.8) is 0 Å². The molecule has 0 radical (unpaired) electrons. The number of hydrogen-bond acceptors (Lipinski definition) is 3. The van der Waals surface area contributed by atoms with Crippen molar-refractivity contribution in [3.05, 3.63) is 0 Å². The Labute approximate surface area is 53.0 Å². The van der Waals surface area contributed by atoms with Crippen LogP contribution in [0.3, 0.4) is 0 Å². The Bertz CT molecular complexity index is 125. The second-order valence-electron chi connectivity index (χ2n) is 1.11. The lowest BCUT2D eigenvalue weighted by molar-refractivity contribution is 0.320. The summed E-state index contributed by atoms with van der Waals surface area (Å²) in [5, 5.41) is 11.6. The van der Waals surface area contributed by atoms with Crippen LogP contribution in [-0.2, 0) is 0 Å². The highest BCUT2D eigenvalue weighted by molar-refractivity contribution is 8.14. The molecular formula is C5H7NOS. The second kappa shape index (κ2) is 4.54. The maximum atomic E-state index is 8.06. The summed E-state index contributed by atoms with van der Waals surface area (Å²) in [5.74, 6) is 2.97. The van der Waals surface area contributed by atoms with Gasteiger partial charge in [-0.25, -0.2) is 0 Å². The molecule has 44 valence electrons. The smallest absolute Gasteiger partial charge is 0.110 e. The van der Waals surface area contributed by atoms with Crippen molar-refractivity contribution >= 4 is 16.8 Å². The van der Waals surface area contributed by atoms with E-state index in [0.29, 0.717) is 10.8 Å². The Balaban J connectivity index is 3.29. The Hall–Kier alpha value is -0.620. The van der Waals surface area contributed by atoms with Crippen LogP contribution >= 0.6 is 11.8 Å². The van der Waals surface area contributed by atoms with Gasteiger partial charge < -0.3 is 5.21 Å². The molecule has 8 heavy (non-hydrogen) atoms. The van der Waals surface area contributed by atoms with Gasteiger partial charge >= 0.3 is 0 Å². The molecule has 0 saturated carbocycles. The third-order valence-electron chi connectivity index (χ3n) is 0.505. The van der Waals surface area contributed by atoms with Crippen LogP contribution in [0.15, 0.2) is 5.16 Å². The predicted octanol–water partition coefficient (Wildman–Crippen LogP) is 1.16. The van der Waals surface area contributed by atoms with Crippen molar-refractivity contribution < 1.29 is 5.21 Å². The summed E-state index contributed by atoms with van der Waals surface area (Å²) in [6.07, 6.45) is 4.92. The molecule has 0 rings (SSSR count). The number of nitrogens with zero attached hydrogens (tertiary/aromatic N) is 1. The van der Waals surface area contributed by atoms with Crippen molar-refractivity contribution in [2.75, 3.05) is 5.75 Å². The lowest BCUT2D eigenvalue weighted by Gasteiger charge is -1.87. The topological polar surface area (TPSA) is 32.6 Å². The van der Waals surface area contributed by atoms with Crippen LogP contribution in [0.5, 0.6) is 0 Å². The van der Waals surface area contributed by atoms with Gasteiger partial charge in [-0.3, -0.25) is 0 Å². The molecule has 0 aromatic heterocycles. The maximum Gasteiger partial charge on any atom is 0.110 e. The number of terminal acetylenes is 1. The molecule has 1 N–H and O–H groups in total. The minimum atomic E-state index is 0.565. The number of rotatable bonds is 1. The van der Waals surface area contributed by atoms with E-state index in [9.17, 15) is 0 Å². The summed E-state index contributed by atoms with van der Waals surface area (Å²) in [6, 6.07) is 0. The lowest BCUT2D eigenvalue weighted by Crippen LogP contribution is -1.82. The minimum absolute atomic E-state index is 0.565. The molecule has 0 aliphatic rings. The molecule has 0 bridgehead atoms. The van der Waals surface area contributed by atoms with E-state index >= 15 is 0 Å². The van der Waals surface area contributed by atoms with Gasteiger partial charge in [-0.1, -0.05) is 22.8 Å². The monoisotopic (exact) mass is 129 g/mol. The van der Waals surface area contributed by atoms with Crippen molar-refractivity contribution in [2.45, 2.75) is 6.92 Å². The Morgan fingerprint density at radius 3 is 3.00 bits per heavy atom. The first-order valence-electron chi connectivity index (χ1n) is 2.06. The average molecular weight is 129 g/mol. The van der Waals surface area contributed by atoms with Gasteiger partial charge in [-0.05, 0) is 6.92 Å². The third kappa shape index (κ3) is 3.57. The van der Waals surface area contributed by atoms with Gasteiger partial charge in [0.1, 0.15) is 5.04 Å². The summed E-state index contributed by atoms with van der Waals surface area (Å²) in [6.45, 7) is 1.70. The molecule has 3 heteroatoms. The van der Waals surface area contributed by atoms with E-state index in [1.165, 1.54) is 11.8 Å². The molecule has 0 heterocycles. The summed E-state index contributed by atoms with van der Waals surface area (Å²) in [5.41, 5.74) is 0. The Morgan fingerprint density at radius 1 is 2.00 bits per heavy atom. The zero-order valence-electron chi connectivity index (χ0n) is 4.59. The van der Waals surface area contributed by atoms with E-state index in [1.54, 1.807) is 6.92 Å². The second-order valence-corrected chi connectivity index (χ2v) is 2.28. The molecule has 0 aliphatic carbocycles. The number of thioether (sulfide) groups is 1. The van der Waals surface area contributed by atoms with Crippen LogP contribution in [0.2, 0.25) is 0 Å². The summed E-state index contributed by atoms with van der Waals surface area (Å²) >= 11 is 1.34. The van der Waals surface area contributed by atoms with Gasteiger partial charge in [0.2, 0.25) is 0 Å². The molecule has 0 atom stereocenters. The van der Waals surface area contributed by atoms with Crippen LogP contribution < -0.4 is 0 Å². The minimum Gasteiger partial charge on any atom is -0.410 e. The predicted molar refractivity (Wildman–Crippen MR) is 36.2 cm³/mol. The van der Waals surface area contributed by atoms with Gasteiger partial charge in [0.25, 0.3) is 0 Å². The fourth-order valence-corrected chi connectivity index (χ4v) is 0.525. The largest absolute Gasteiger partial charge is 0.410 e. The summed E-state index contributed by atoms with van der Waals surface area (Å²) in [4.78, 5) is 0. The van der Waals surface area contributed by atoms with E-state index in [2.05, 4.69) is 11.1 Å². The fourth-order valence-electron chi connectivity index (χ4n) is 0.175. The maximum absolute atomic E-state index is 8.06. The highest BCUT2D eigenvalue weighted by Gasteiger charge is 1.86. The highest BCUT2D eigenvalue weighted by Crippen LogP contribution is 1.99. The van der Waals surface area contributed by atoms with Crippen molar-refractivity contribution in [3.8, 4) is 12.3 Å². The van der Waals surface area contributed by atoms with Crippen LogP contribution in [0.1, 0.15) is 6.92 Å². The van der Waals surface area contributed by atoms with Crippen molar-refractivity contribution in [2.24, 2.45) is 5.16 Å². The van der Waals surface area contributed by atoms with Gasteiger partial charge in [-0.2, -0.15) is 0 Å². The number of oxime groups is 1. The normalized spacial score (nSPS) is 10.8. The fraction of sp³-hybridized carbons (Fsp3) is 0.400. The average Bonchev–Trinajstić information content (AvgIpc) is 1.83. The van der Waals surface area contributed by atoms with E-state index in [1.807, 2.05) is 0 Å². The van der Waals surface area contributed by atoms with Gasteiger partial charge in [-0.15, -0.1) is 6.42 Å². The van der Waals surface area contributed by atoms with Crippen LogP contribution in [0.25, 0.3) is 0 Å². The molecule has 0 aromatic rings. The third-order valence-corrected chi connectivity index (χ3v) is 1.32. The van der Waals surface area contributed by atoms with Crippen LogP contribution in [0, 0.1) is 12.3 Å². The summed E-state index contributed by atoms with van der Waals surface area (Å²) < 4.78 is 0. The zero-order chi connectivity index (χ0) is 6.41. The number of hydrogen-bond donors (Lipinski definition) is 1. The quantitative estimate of drug-likeness (QED) is 0.189.